The van der Waals surface area contributed by atoms with Gasteiger partial charge in [-0.1, -0.05) is 19.9 Å². The first-order valence-electron chi connectivity index (χ1n) is 7.30. The Balaban J connectivity index is 1.91. The summed E-state index contributed by atoms with van der Waals surface area (Å²) in [5.74, 6) is 0.458. The molecule has 1 fully saturated rings. The second-order valence-electron chi connectivity index (χ2n) is 5.81. The van der Waals surface area contributed by atoms with Gasteiger partial charge in [0.1, 0.15) is 10.7 Å². The van der Waals surface area contributed by atoms with Gasteiger partial charge in [0.15, 0.2) is 0 Å². The van der Waals surface area contributed by atoms with Gasteiger partial charge in [0.25, 0.3) is 0 Å². The van der Waals surface area contributed by atoms with Gasteiger partial charge in [0, 0.05) is 23.7 Å². The third-order valence-electron chi connectivity index (χ3n) is 3.62. The summed E-state index contributed by atoms with van der Waals surface area (Å²) >= 11 is 1.79. The molecule has 0 radical (unpaired) electrons. The molecule has 3 rings (SSSR count). The normalized spacial score (nSPS) is 15.0. The van der Waals surface area contributed by atoms with E-state index in [0.717, 1.165) is 23.3 Å². The third kappa shape index (κ3) is 2.91. The van der Waals surface area contributed by atoms with Crippen LogP contribution in [0, 0.1) is 6.92 Å². The van der Waals surface area contributed by atoms with Crippen LogP contribution in [0.15, 0.2) is 18.3 Å². The quantitative estimate of drug-likeness (QED) is 0.906. The van der Waals surface area contributed by atoms with Crippen molar-refractivity contribution in [3.05, 3.63) is 34.5 Å². The minimum absolute atomic E-state index is 0.458. The maximum Gasteiger partial charge on any atom is 0.142 e. The summed E-state index contributed by atoms with van der Waals surface area (Å²) in [6, 6.07) is 4.81. The van der Waals surface area contributed by atoms with E-state index >= 15 is 0 Å². The van der Waals surface area contributed by atoms with E-state index in [1.807, 2.05) is 12.3 Å². The molecular formula is C16H21N3S. The summed E-state index contributed by atoms with van der Waals surface area (Å²) in [4.78, 5) is 10.7. The highest BCUT2D eigenvalue weighted by atomic mass is 32.1. The van der Waals surface area contributed by atoms with Crippen LogP contribution >= 0.6 is 11.3 Å². The molecule has 1 saturated carbocycles. The van der Waals surface area contributed by atoms with Crippen molar-refractivity contribution in [3.63, 3.8) is 0 Å². The van der Waals surface area contributed by atoms with Crippen LogP contribution in [0.3, 0.4) is 0 Å². The van der Waals surface area contributed by atoms with Crippen molar-refractivity contribution in [2.24, 2.45) is 0 Å². The molecule has 0 aromatic carbocycles. The van der Waals surface area contributed by atoms with E-state index in [4.69, 9.17) is 4.98 Å². The minimum Gasteiger partial charge on any atom is -0.309 e. The first-order chi connectivity index (χ1) is 9.65. The molecule has 1 N–H and O–H groups in total. The highest BCUT2D eigenvalue weighted by molar-refractivity contribution is 7.15. The molecule has 0 aliphatic heterocycles. The first-order valence-corrected chi connectivity index (χ1v) is 8.11. The number of hydrogen-bond acceptors (Lipinski definition) is 4. The average Bonchev–Trinajstić information content (AvgIpc) is 3.15. The lowest BCUT2D eigenvalue weighted by atomic mass is 10.1. The molecule has 0 amide bonds. The predicted octanol–water partition coefficient (Wildman–Crippen LogP) is 3.89. The topological polar surface area (TPSA) is 37.8 Å². The second kappa shape index (κ2) is 5.62. The Morgan fingerprint density at radius 1 is 1.40 bits per heavy atom. The van der Waals surface area contributed by atoms with E-state index < -0.39 is 0 Å². The molecule has 0 unspecified atom stereocenters. The largest absolute Gasteiger partial charge is 0.309 e. The monoisotopic (exact) mass is 287 g/mol. The van der Waals surface area contributed by atoms with Gasteiger partial charge < -0.3 is 5.32 Å². The van der Waals surface area contributed by atoms with E-state index in [-0.39, 0.29) is 0 Å². The van der Waals surface area contributed by atoms with Crippen molar-refractivity contribution in [2.75, 3.05) is 0 Å². The van der Waals surface area contributed by atoms with Crippen molar-refractivity contribution >= 4 is 11.3 Å². The summed E-state index contributed by atoms with van der Waals surface area (Å²) in [6.45, 7) is 7.47. The van der Waals surface area contributed by atoms with E-state index in [1.54, 1.807) is 11.3 Å². The zero-order valence-corrected chi connectivity index (χ0v) is 13.1. The number of aromatic nitrogens is 2. The lowest BCUT2D eigenvalue weighted by molar-refractivity contribution is 0.681. The van der Waals surface area contributed by atoms with E-state index in [2.05, 4.69) is 37.1 Å². The molecule has 1 aliphatic rings. The van der Waals surface area contributed by atoms with Gasteiger partial charge in [-0.2, -0.15) is 0 Å². The maximum atomic E-state index is 4.86. The molecule has 0 atom stereocenters. The summed E-state index contributed by atoms with van der Waals surface area (Å²) in [5, 5.41) is 4.65. The number of rotatable bonds is 5. The standard InChI is InChI=1S/C16H21N3S/c1-10(2)14-13(9-18-12-6-7-12)20-16(19-14)15-11(3)5-4-8-17-15/h4-5,8,10,12,18H,6-7,9H2,1-3H3. The zero-order chi connectivity index (χ0) is 14.1. The van der Waals surface area contributed by atoms with Gasteiger partial charge in [0.05, 0.1) is 5.69 Å². The molecule has 0 saturated heterocycles. The molecule has 4 heteroatoms. The molecule has 0 spiro atoms. The van der Waals surface area contributed by atoms with Gasteiger partial charge in [-0.05, 0) is 37.3 Å². The predicted molar refractivity (Wildman–Crippen MR) is 84.0 cm³/mol. The number of nitrogens with zero attached hydrogens (tertiary/aromatic N) is 2. The fraction of sp³-hybridized carbons (Fsp3) is 0.500. The highest BCUT2D eigenvalue weighted by Crippen LogP contribution is 2.32. The highest BCUT2D eigenvalue weighted by Gasteiger charge is 2.22. The van der Waals surface area contributed by atoms with Gasteiger partial charge in [-0.15, -0.1) is 11.3 Å². The van der Waals surface area contributed by atoms with Gasteiger partial charge in [-0.3, -0.25) is 4.98 Å². The zero-order valence-electron chi connectivity index (χ0n) is 12.3. The van der Waals surface area contributed by atoms with Crippen LogP contribution in [0.25, 0.3) is 10.7 Å². The van der Waals surface area contributed by atoms with Crippen molar-refractivity contribution in [3.8, 4) is 10.7 Å². The number of pyridine rings is 1. The van der Waals surface area contributed by atoms with Gasteiger partial charge in [0.2, 0.25) is 0 Å². The van der Waals surface area contributed by atoms with E-state index in [9.17, 15) is 0 Å². The van der Waals surface area contributed by atoms with Crippen molar-refractivity contribution in [2.45, 2.75) is 52.1 Å². The third-order valence-corrected chi connectivity index (χ3v) is 4.69. The molecule has 20 heavy (non-hydrogen) atoms. The van der Waals surface area contributed by atoms with Crippen LogP contribution in [-0.4, -0.2) is 16.0 Å². The molecule has 2 aromatic rings. The van der Waals surface area contributed by atoms with Crippen LogP contribution in [0.1, 0.15) is 48.7 Å². The summed E-state index contributed by atoms with van der Waals surface area (Å²) in [7, 11) is 0. The molecule has 106 valence electrons. The second-order valence-corrected chi connectivity index (χ2v) is 6.89. The summed E-state index contributed by atoms with van der Waals surface area (Å²) in [5.41, 5.74) is 3.44. The van der Waals surface area contributed by atoms with Crippen molar-refractivity contribution < 1.29 is 0 Å². The molecule has 3 nitrogen and oxygen atoms in total. The number of thiazole rings is 1. The Labute approximate surface area is 124 Å². The Kier molecular flexibility index (Phi) is 3.85. The number of nitrogens with one attached hydrogen (secondary N) is 1. The number of aryl methyl sites for hydroxylation is 1. The van der Waals surface area contributed by atoms with E-state index in [1.165, 1.54) is 29.0 Å². The Morgan fingerprint density at radius 3 is 2.85 bits per heavy atom. The lowest BCUT2D eigenvalue weighted by Crippen LogP contribution is -2.15. The molecule has 2 heterocycles. The van der Waals surface area contributed by atoms with Crippen LogP contribution in [-0.2, 0) is 6.54 Å². The maximum absolute atomic E-state index is 4.86. The van der Waals surface area contributed by atoms with Crippen LogP contribution in [0.2, 0.25) is 0 Å². The molecule has 1 aliphatic carbocycles. The molecule has 0 bridgehead atoms. The fourth-order valence-corrected chi connectivity index (χ4v) is 3.51. The first kappa shape index (κ1) is 13.7. The summed E-state index contributed by atoms with van der Waals surface area (Å²) in [6.07, 6.45) is 4.49. The van der Waals surface area contributed by atoms with Gasteiger partial charge >= 0.3 is 0 Å². The van der Waals surface area contributed by atoms with Crippen LogP contribution in [0.5, 0.6) is 0 Å². The van der Waals surface area contributed by atoms with Gasteiger partial charge in [-0.25, -0.2) is 4.98 Å². The van der Waals surface area contributed by atoms with Crippen LogP contribution in [0.4, 0.5) is 0 Å². The van der Waals surface area contributed by atoms with Crippen LogP contribution < -0.4 is 5.32 Å². The van der Waals surface area contributed by atoms with Crippen molar-refractivity contribution in [1.82, 2.24) is 15.3 Å². The SMILES string of the molecule is Cc1cccnc1-c1nc(C(C)C)c(CNC2CC2)s1. The Morgan fingerprint density at radius 2 is 2.20 bits per heavy atom. The Bertz CT molecular complexity index is 600. The molecular weight excluding hydrogens is 266 g/mol. The fourth-order valence-electron chi connectivity index (χ4n) is 2.28. The van der Waals surface area contributed by atoms with E-state index in [0.29, 0.717) is 5.92 Å². The smallest absolute Gasteiger partial charge is 0.142 e. The summed E-state index contributed by atoms with van der Waals surface area (Å²) < 4.78 is 0. The Hall–Kier alpha value is -1.26. The molecule has 2 aromatic heterocycles. The minimum atomic E-state index is 0.458. The van der Waals surface area contributed by atoms with Crippen molar-refractivity contribution in [1.29, 1.82) is 0 Å². The average molecular weight is 287 g/mol. The lowest BCUT2D eigenvalue weighted by Gasteiger charge is -2.05. The number of hydrogen-bond donors (Lipinski definition) is 1.